The summed E-state index contributed by atoms with van der Waals surface area (Å²) in [5.41, 5.74) is 0. The van der Waals surface area contributed by atoms with Gasteiger partial charge in [-0.25, -0.2) is 0 Å². The first-order valence-corrected chi connectivity index (χ1v) is 5.75. The summed E-state index contributed by atoms with van der Waals surface area (Å²) in [6.45, 7) is 0. The number of nitro groups is 1. The first kappa shape index (κ1) is 12.3. The summed E-state index contributed by atoms with van der Waals surface area (Å²) in [6, 6.07) is 7.69. The van der Waals surface area contributed by atoms with Crippen LogP contribution in [0.4, 0.5) is 0 Å². The van der Waals surface area contributed by atoms with Crippen molar-refractivity contribution in [2.75, 3.05) is 0 Å². The molecule has 0 saturated heterocycles. The average Bonchev–Trinajstić information content (AvgIpc) is 2.40. The molecule has 94 valence electrons. The van der Waals surface area contributed by atoms with E-state index in [0.29, 0.717) is 18.6 Å². The topological polar surface area (TPSA) is 69.4 Å². The molecule has 0 radical (unpaired) electrons. The maximum Gasteiger partial charge on any atom is 0.325 e. The molecule has 2 atom stereocenters. The third kappa shape index (κ3) is 2.74. The fourth-order valence-electron chi connectivity index (χ4n) is 1.96. The van der Waals surface area contributed by atoms with Crippen LogP contribution in [0.5, 0.6) is 5.75 Å². The first-order valence-electron chi connectivity index (χ1n) is 5.75. The van der Waals surface area contributed by atoms with Crippen molar-refractivity contribution in [3.8, 4) is 5.75 Å². The Morgan fingerprint density at radius 2 is 2.06 bits per heavy atom. The van der Waals surface area contributed by atoms with Gasteiger partial charge in [-0.2, -0.15) is 0 Å². The van der Waals surface area contributed by atoms with E-state index in [4.69, 9.17) is 4.74 Å². The highest BCUT2D eigenvalue weighted by atomic mass is 16.6. The monoisotopic (exact) mass is 247 g/mol. The average molecular weight is 247 g/mol. The Bertz CT molecular complexity index is 469. The van der Waals surface area contributed by atoms with Crippen molar-refractivity contribution in [1.82, 2.24) is 0 Å². The van der Waals surface area contributed by atoms with E-state index in [1.165, 1.54) is 0 Å². The van der Waals surface area contributed by atoms with Crippen LogP contribution in [0.1, 0.15) is 12.8 Å². The number of hydrogen-bond acceptors (Lipinski definition) is 4. The Kier molecular flexibility index (Phi) is 3.72. The molecule has 2 unspecified atom stereocenters. The zero-order valence-electron chi connectivity index (χ0n) is 9.69. The molecule has 5 heteroatoms. The van der Waals surface area contributed by atoms with Crippen LogP contribution in [0.25, 0.3) is 0 Å². The van der Waals surface area contributed by atoms with E-state index >= 15 is 0 Å². The van der Waals surface area contributed by atoms with Crippen molar-refractivity contribution in [3.05, 3.63) is 52.6 Å². The normalized spacial score (nSPS) is 22.4. The van der Waals surface area contributed by atoms with Gasteiger partial charge in [-0.05, 0) is 18.6 Å². The van der Waals surface area contributed by atoms with Crippen LogP contribution in [0.2, 0.25) is 0 Å². The van der Waals surface area contributed by atoms with Gasteiger partial charge in [0.2, 0.25) is 6.04 Å². The quantitative estimate of drug-likeness (QED) is 0.270. The van der Waals surface area contributed by atoms with E-state index in [1.807, 2.05) is 0 Å². The van der Waals surface area contributed by atoms with Crippen LogP contribution >= 0.6 is 0 Å². The van der Waals surface area contributed by atoms with Gasteiger partial charge in [0, 0.05) is 11.3 Å². The van der Waals surface area contributed by atoms with Gasteiger partial charge >= 0.3 is 5.97 Å². The third-order valence-corrected chi connectivity index (χ3v) is 2.89. The molecule has 2 rings (SSSR count). The first-order chi connectivity index (χ1) is 8.68. The molecule has 0 saturated carbocycles. The van der Waals surface area contributed by atoms with E-state index < -0.39 is 22.9 Å². The van der Waals surface area contributed by atoms with E-state index in [9.17, 15) is 14.9 Å². The number of esters is 1. The molecule has 0 spiro atoms. The molecule has 18 heavy (non-hydrogen) atoms. The van der Waals surface area contributed by atoms with Gasteiger partial charge in [0.25, 0.3) is 0 Å². The van der Waals surface area contributed by atoms with Crippen molar-refractivity contribution < 1.29 is 14.5 Å². The summed E-state index contributed by atoms with van der Waals surface area (Å²) in [5, 5.41) is 10.9. The van der Waals surface area contributed by atoms with Gasteiger partial charge in [0.1, 0.15) is 11.7 Å². The van der Waals surface area contributed by atoms with Gasteiger partial charge in [0.05, 0.1) is 0 Å². The summed E-state index contributed by atoms with van der Waals surface area (Å²) in [7, 11) is 0. The molecule has 0 aromatic heterocycles. The number of carbonyl (C=O) groups is 1. The highest BCUT2D eigenvalue weighted by Crippen LogP contribution is 2.23. The second-order valence-electron chi connectivity index (χ2n) is 4.12. The molecule has 0 heterocycles. The smallest absolute Gasteiger partial charge is 0.325 e. The Morgan fingerprint density at radius 3 is 2.72 bits per heavy atom. The van der Waals surface area contributed by atoms with Crippen molar-refractivity contribution in [2.45, 2.75) is 18.9 Å². The Labute approximate surface area is 104 Å². The van der Waals surface area contributed by atoms with Gasteiger partial charge in [-0.1, -0.05) is 30.4 Å². The Balaban J connectivity index is 2.10. The maximum atomic E-state index is 11.9. The lowest BCUT2D eigenvalue weighted by Crippen LogP contribution is -2.37. The number of allylic oxidation sites excluding steroid dienone is 1. The van der Waals surface area contributed by atoms with E-state index in [1.54, 1.807) is 42.5 Å². The summed E-state index contributed by atoms with van der Waals surface area (Å²) in [6.07, 6.45) is 4.36. The minimum atomic E-state index is -0.883. The van der Waals surface area contributed by atoms with Gasteiger partial charge in [0.15, 0.2) is 0 Å². The van der Waals surface area contributed by atoms with E-state index in [-0.39, 0.29) is 0 Å². The number of ether oxygens (including phenoxy) is 1. The van der Waals surface area contributed by atoms with Crippen molar-refractivity contribution in [3.63, 3.8) is 0 Å². The molecule has 1 aromatic rings. The highest BCUT2D eigenvalue weighted by molar-refractivity contribution is 5.77. The minimum Gasteiger partial charge on any atom is -0.426 e. The van der Waals surface area contributed by atoms with E-state index in [2.05, 4.69) is 0 Å². The van der Waals surface area contributed by atoms with Crippen molar-refractivity contribution in [2.24, 2.45) is 5.92 Å². The lowest BCUT2D eigenvalue weighted by atomic mass is 9.91. The van der Waals surface area contributed by atoms with Gasteiger partial charge < -0.3 is 4.74 Å². The second-order valence-corrected chi connectivity index (χ2v) is 4.12. The molecule has 0 amide bonds. The zero-order chi connectivity index (χ0) is 13.0. The van der Waals surface area contributed by atoms with Crippen LogP contribution in [-0.2, 0) is 4.79 Å². The maximum absolute atomic E-state index is 11.9. The van der Waals surface area contributed by atoms with Gasteiger partial charge in [-0.3, -0.25) is 14.9 Å². The minimum absolute atomic E-state index is 0.373. The standard InChI is InChI=1S/C13H13NO4/c15-13(18-10-6-2-1-3-7-10)11-8-4-5-9-12(11)14(16)17/h1-4,6-8,11-12H,5,9H2. The number of hydrogen-bond donors (Lipinski definition) is 0. The molecule has 1 aromatic carbocycles. The zero-order valence-corrected chi connectivity index (χ0v) is 9.69. The number of nitrogens with zero attached hydrogens (tertiary/aromatic N) is 1. The number of para-hydroxylation sites is 1. The molecule has 0 fully saturated rings. The predicted octanol–water partition coefficient (Wildman–Crippen LogP) is 2.20. The molecule has 1 aliphatic carbocycles. The predicted molar refractivity (Wildman–Crippen MR) is 64.7 cm³/mol. The molecular weight excluding hydrogens is 234 g/mol. The van der Waals surface area contributed by atoms with Crippen molar-refractivity contribution in [1.29, 1.82) is 0 Å². The summed E-state index contributed by atoms with van der Waals surface area (Å²) < 4.78 is 5.14. The molecule has 1 aliphatic rings. The summed E-state index contributed by atoms with van der Waals surface area (Å²) >= 11 is 0. The van der Waals surface area contributed by atoms with Crippen molar-refractivity contribution >= 4 is 5.97 Å². The van der Waals surface area contributed by atoms with Crippen LogP contribution in [-0.4, -0.2) is 16.9 Å². The fourth-order valence-corrected chi connectivity index (χ4v) is 1.96. The fraction of sp³-hybridized carbons (Fsp3) is 0.308. The van der Waals surface area contributed by atoms with Crippen LogP contribution in [0, 0.1) is 16.0 Å². The summed E-state index contributed by atoms with van der Waals surface area (Å²) in [4.78, 5) is 22.4. The molecule has 0 N–H and O–H groups in total. The van der Waals surface area contributed by atoms with Crippen LogP contribution < -0.4 is 4.74 Å². The number of benzene rings is 1. The lowest BCUT2D eigenvalue weighted by Gasteiger charge is -2.19. The highest BCUT2D eigenvalue weighted by Gasteiger charge is 2.37. The largest absolute Gasteiger partial charge is 0.426 e. The number of carbonyl (C=O) groups excluding carboxylic acids is 1. The van der Waals surface area contributed by atoms with E-state index in [0.717, 1.165) is 0 Å². The third-order valence-electron chi connectivity index (χ3n) is 2.89. The Morgan fingerprint density at radius 1 is 1.33 bits per heavy atom. The van der Waals surface area contributed by atoms with Gasteiger partial charge in [-0.15, -0.1) is 0 Å². The SMILES string of the molecule is O=C(Oc1ccccc1)C1C=CCCC1[N+](=O)[O-]. The van der Waals surface area contributed by atoms with Crippen LogP contribution in [0.15, 0.2) is 42.5 Å². The number of rotatable bonds is 3. The molecule has 0 aliphatic heterocycles. The summed E-state index contributed by atoms with van der Waals surface area (Å²) in [5.74, 6) is -0.962. The van der Waals surface area contributed by atoms with Crippen LogP contribution in [0.3, 0.4) is 0 Å². The molecule has 0 bridgehead atoms. The second kappa shape index (κ2) is 5.44. The lowest BCUT2D eigenvalue weighted by molar-refractivity contribution is -0.528. The molecule has 5 nitrogen and oxygen atoms in total. The molecular formula is C13H13NO4. The Hall–Kier alpha value is -2.17.